The maximum absolute atomic E-state index is 12.8. The van der Waals surface area contributed by atoms with Gasteiger partial charge in [0.25, 0.3) is 0 Å². The smallest absolute Gasteiger partial charge is 0.344 e. The van der Waals surface area contributed by atoms with Crippen LogP contribution in [0.25, 0.3) is 17.0 Å². The molecule has 3 heterocycles. The quantitative estimate of drug-likeness (QED) is 0.366. The number of aliphatic imine (C=N–C) groups is 1. The van der Waals surface area contributed by atoms with Crippen LogP contribution in [0.5, 0.6) is 0 Å². The van der Waals surface area contributed by atoms with E-state index in [-0.39, 0.29) is 36.5 Å². The van der Waals surface area contributed by atoms with Crippen LogP contribution in [-0.4, -0.2) is 52.5 Å². The van der Waals surface area contributed by atoms with Crippen molar-refractivity contribution in [1.29, 1.82) is 0 Å². The first-order chi connectivity index (χ1) is 18.9. The van der Waals surface area contributed by atoms with Crippen molar-refractivity contribution in [3.05, 3.63) is 82.1 Å². The summed E-state index contributed by atoms with van der Waals surface area (Å²) in [7, 11) is 0. The van der Waals surface area contributed by atoms with Gasteiger partial charge in [-0.2, -0.15) is 0 Å². The van der Waals surface area contributed by atoms with E-state index in [0.29, 0.717) is 22.2 Å². The molecule has 9 heteroatoms. The summed E-state index contributed by atoms with van der Waals surface area (Å²) < 4.78 is 12.7. The molecule has 2 N–H and O–H groups in total. The lowest BCUT2D eigenvalue weighted by Gasteiger charge is -2.11. The summed E-state index contributed by atoms with van der Waals surface area (Å²) in [4.78, 5) is 30.6. The molecule has 2 aliphatic rings. The second-order valence-electron chi connectivity index (χ2n) is 9.48. The predicted octanol–water partition coefficient (Wildman–Crippen LogP) is 5.44. The number of fused-ring (bicyclic) bond motifs is 1. The van der Waals surface area contributed by atoms with Gasteiger partial charge in [0.15, 0.2) is 0 Å². The molecule has 202 valence electrons. The van der Waals surface area contributed by atoms with E-state index < -0.39 is 5.97 Å². The molecule has 0 bridgehead atoms. The number of rotatable bonds is 8. The van der Waals surface area contributed by atoms with Gasteiger partial charge in [-0.15, -0.1) is 0 Å². The molecule has 0 aliphatic carbocycles. The number of nitrogens with one attached hydrogen (secondary N) is 1. The maximum Gasteiger partial charge on any atom is 0.344 e. The van der Waals surface area contributed by atoms with E-state index in [4.69, 9.17) is 9.47 Å². The van der Waals surface area contributed by atoms with Crippen molar-refractivity contribution in [3.8, 4) is 0 Å². The molecule has 3 aromatic rings. The molecule has 8 nitrogen and oxygen atoms in total. The SMILES string of the molecule is CCOC(=O)C1=C(O)/C(=C/c2cn(CC(=O)NC[C@@H]3CCCO3)c3ccccc23)SC1=Nc1ccc(C)cc1. The Morgan fingerprint density at radius 1 is 1.23 bits per heavy atom. The van der Waals surface area contributed by atoms with Crippen molar-refractivity contribution < 1.29 is 24.2 Å². The number of aliphatic hydroxyl groups excluding tert-OH is 1. The zero-order chi connectivity index (χ0) is 27.4. The summed E-state index contributed by atoms with van der Waals surface area (Å²) in [6, 6.07) is 15.4. The molecule has 1 amide bonds. The largest absolute Gasteiger partial charge is 0.506 e. The minimum absolute atomic E-state index is 0.0472. The number of ether oxygens (including phenoxy) is 2. The molecule has 0 saturated carbocycles. The van der Waals surface area contributed by atoms with Gasteiger partial charge in [0.1, 0.15) is 22.9 Å². The van der Waals surface area contributed by atoms with Crippen molar-refractivity contribution in [2.75, 3.05) is 19.8 Å². The lowest BCUT2D eigenvalue weighted by atomic mass is 10.1. The topological polar surface area (TPSA) is 102 Å². The summed E-state index contributed by atoms with van der Waals surface area (Å²) in [5, 5.41) is 15.4. The molecule has 0 unspecified atom stereocenters. The van der Waals surface area contributed by atoms with Crippen LogP contribution in [0.4, 0.5) is 5.69 Å². The predicted molar refractivity (Wildman–Crippen MR) is 154 cm³/mol. The van der Waals surface area contributed by atoms with Gasteiger partial charge in [-0.3, -0.25) is 4.79 Å². The highest BCUT2D eigenvalue weighted by atomic mass is 32.2. The molecule has 2 aliphatic heterocycles. The lowest BCUT2D eigenvalue weighted by molar-refractivity contribution is -0.138. The van der Waals surface area contributed by atoms with Gasteiger partial charge >= 0.3 is 5.97 Å². The van der Waals surface area contributed by atoms with Gasteiger partial charge in [0.05, 0.1) is 23.3 Å². The number of esters is 1. The van der Waals surface area contributed by atoms with Crippen LogP contribution in [0.3, 0.4) is 0 Å². The Hall–Kier alpha value is -3.82. The average molecular weight is 546 g/mol. The highest BCUT2D eigenvalue weighted by molar-refractivity contribution is 8.18. The van der Waals surface area contributed by atoms with Crippen LogP contribution in [0.2, 0.25) is 0 Å². The summed E-state index contributed by atoms with van der Waals surface area (Å²) in [5.74, 6) is -0.891. The van der Waals surface area contributed by atoms with Crippen molar-refractivity contribution in [2.45, 2.75) is 39.3 Å². The van der Waals surface area contributed by atoms with E-state index in [0.717, 1.165) is 41.5 Å². The van der Waals surface area contributed by atoms with Gasteiger partial charge < -0.3 is 24.5 Å². The molecule has 1 saturated heterocycles. The number of nitrogens with zero attached hydrogens (tertiary/aromatic N) is 2. The number of aromatic nitrogens is 1. The third-order valence-electron chi connectivity index (χ3n) is 6.61. The fourth-order valence-corrected chi connectivity index (χ4v) is 5.66. The minimum atomic E-state index is -0.623. The van der Waals surface area contributed by atoms with Crippen LogP contribution in [-0.2, 0) is 25.6 Å². The molecule has 5 rings (SSSR count). The number of benzene rings is 2. The number of thioether (sulfide) groups is 1. The third-order valence-corrected chi connectivity index (χ3v) is 7.63. The summed E-state index contributed by atoms with van der Waals surface area (Å²) in [6.07, 6.45) is 5.77. The van der Waals surface area contributed by atoms with Crippen molar-refractivity contribution in [1.82, 2.24) is 9.88 Å². The molecular formula is C30H31N3O5S. The molecule has 0 spiro atoms. The van der Waals surface area contributed by atoms with Crippen molar-refractivity contribution in [2.24, 2.45) is 4.99 Å². The Kier molecular flexibility index (Phi) is 8.18. The number of carbonyl (C=O) groups is 2. The fourth-order valence-electron chi connectivity index (χ4n) is 4.63. The second-order valence-corrected chi connectivity index (χ2v) is 10.5. The van der Waals surface area contributed by atoms with Crippen LogP contribution in [0.1, 0.15) is 30.9 Å². The monoisotopic (exact) mass is 545 g/mol. The van der Waals surface area contributed by atoms with Gasteiger partial charge in [-0.05, 0) is 51.0 Å². The van der Waals surface area contributed by atoms with Gasteiger partial charge in [-0.1, -0.05) is 47.7 Å². The van der Waals surface area contributed by atoms with E-state index in [9.17, 15) is 14.7 Å². The van der Waals surface area contributed by atoms with E-state index in [1.165, 1.54) is 11.8 Å². The average Bonchev–Trinajstić information content (AvgIpc) is 3.64. The van der Waals surface area contributed by atoms with E-state index in [1.807, 2.05) is 72.3 Å². The van der Waals surface area contributed by atoms with Crippen LogP contribution >= 0.6 is 11.8 Å². The fraction of sp³-hybridized carbons (Fsp3) is 0.300. The first kappa shape index (κ1) is 26.8. The Morgan fingerprint density at radius 2 is 2.03 bits per heavy atom. The Bertz CT molecular complexity index is 1480. The highest BCUT2D eigenvalue weighted by Gasteiger charge is 2.33. The van der Waals surface area contributed by atoms with Gasteiger partial charge in [0.2, 0.25) is 5.91 Å². The Balaban J connectivity index is 1.45. The summed E-state index contributed by atoms with van der Waals surface area (Å²) in [6.45, 7) is 5.29. The number of para-hydroxylation sites is 1. The summed E-state index contributed by atoms with van der Waals surface area (Å²) >= 11 is 1.21. The lowest BCUT2D eigenvalue weighted by Crippen LogP contribution is -2.34. The molecule has 39 heavy (non-hydrogen) atoms. The molecule has 0 radical (unpaired) electrons. The van der Waals surface area contributed by atoms with E-state index in [2.05, 4.69) is 10.3 Å². The minimum Gasteiger partial charge on any atom is -0.506 e. The molecule has 1 atom stereocenters. The van der Waals surface area contributed by atoms with Gasteiger partial charge in [0, 0.05) is 35.8 Å². The normalized spacial score (nSPS) is 19.4. The molecule has 2 aromatic carbocycles. The first-order valence-electron chi connectivity index (χ1n) is 13.0. The highest BCUT2D eigenvalue weighted by Crippen LogP contribution is 2.41. The number of carbonyl (C=O) groups excluding carboxylic acids is 2. The van der Waals surface area contributed by atoms with Crippen LogP contribution < -0.4 is 5.32 Å². The first-order valence-corrected chi connectivity index (χ1v) is 13.9. The van der Waals surface area contributed by atoms with Crippen LogP contribution in [0.15, 0.2) is 76.0 Å². The maximum atomic E-state index is 12.8. The third kappa shape index (κ3) is 6.10. The molecule has 1 fully saturated rings. The number of hydrogen-bond acceptors (Lipinski definition) is 7. The zero-order valence-electron chi connectivity index (χ0n) is 22.0. The molecular weight excluding hydrogens is 514 g/mol. The molecule has 1 aromatic heterocycles. The Labute approximate surface area is 231 Å². The van der Waals surface area contributed by atoms with Crippen molar-refractivity contribution in [3.63, 3.8) is 0 Å². The number of aliphatic hydroxyl groups is 1. The van der Waals surface area contributed by atoms with E-state index in [1.54, 1.807) is 6.92 Å². The number of hydrogen-bond donors (Lipinski definition) is 2. The van der Waals surface area contributed by atoms with Crippen LogP contribution in [0, 0.1) is 6.92 Å². The van der Waals surface area contributed by atoms with Crippen molar-refractivity contribution >= 4 is 51.3 Å². The van der Waals surface area contributed by atoms with E-state index >= 15 is 0 Å². The number of aryl methyl sites for hydroxylation is 1. The Morgan fingerprint density at radius 3 is 2.77 bits per heavy atom. The zero-order valence-corrected chi connectivity index (χ0v) is 22.8. The second kappa shape index (κ2) is 11.9. The van der Waals surface area contributed by atoms with Gasteiger partial charge in [-0.25, -0.2) is 9.79 Å². The summed E-state index contributed by atoms with van der Waals surface area (Å²) in [5.41, 5.74) is 3.52. The number of amides is 1. The standard InChI is InChI=1S/C30H31N3O5S/c1-3-37-30(36)27-28(35)25(39-29(27)32-21-12-10-19(2)11-13-21)15-20-17-33(24-9-5-4-8-23(20)24)18-26(34)31-16-22-7-6-14-38-22/h4-5,8-13,15,17,22,35H,3,6-7,14,16,18H2,1-2H3,(H,31,34)/b25-15-,32-29?/t22-/m0/s1.